The number of nitrogens with zero attached hydrogens (tertiary/aromatic N) is 2. The van der Waals surface area contributed by atoms with Crippen LogP contribution >= 0.6 is 0 Å². The maximum atomic E-state index is 11.8. The van der Waals surface area contributed by atoms with Crippen LogP contribution < -0.4 is 0 Å². The third kappa shape index (κ3) is 7.13. The minimum Gasteiger partial charge on any atom is -0.211 e. The number of benzene rings is 2. The van der Waals surface area contributed by atoms with Gasteiger partial charge in [0.05, 0.1) is 11.4 Å². The average Bonchev–Trinajstić information content (AvgIpc) is 3.07. The van der Waals surface area contributed by atoms with Crippen LogP contribution in [-0.4, -0.2) is 12.2 Å². The maximum absolute atomic E-state index is 11.8. The standard InChI is InChI=1S/C39H50N2O2/c42-26-40-38-34(30-13-5-1-6-14-30)22-28(23-35(38)31-15-7-2-8-16-31)21-29-24-36(32-17-9-3-10-18-32)39(41-27-43)37(25-29)33-19-11-4-12-20-33/h22-25,30-33H,1-21H2. The van der Waals surface area contributed by atoms with Crippen LogP contribution in [0.5, 0.6) is 0 Å². The van der Waals surface area contributed by atoms with Crippen molar-refractivity contribution in [3.63, 3.8) is 0 Å². The fraction of sp³-hybridized carbons (Fsp3) is 0.641. The van der Waals surface area contributed by atoms with Gasteiger partial charge in [-0.1, -0.05) is 101 Å². The Bertz CT molecular complexity index is 1160. The quantitative estimate of drug-likeness (QED) is 0.231. The fourth-order valence-corrected chi connectivity index (χ4v) is 9.18. The van der Waals surface area contributed by atoms with Crippen LogP contribution in [0.2, 0.25) is 0 Å². The molecule has 0 saturated heterocycles. The number of hydrogen-bond donors (Lipinski definition) is 0. The molecule has 6 rings (SSSR count). The van der Waals surface area contributed by atoms with E-state index < -0.39 is 0 Å². The molecule has 4 heteroatoms. The van der Waals surface area contributed by atoms with E-state index >= 15 is 0 Å². The second kappa shape index (κ2) is 14.8. The Morgan fingerprint density at radius 1 is 0.442 bits per heavy atom. The summed E-state index contributed by atoms with van der Waals surface area (Å²) >= 11 is 0. The fourth-order valence-electron chi connectivity index (χ4n) is 9.18. The van der Waals surface area contributed by atoms with Crippen LogP contribution in [0, 0.1) is 0 Å². The number of carbonyl (C=O) groups excluding carboxylic acids is 2. The van der Waals surface area contributed by atoms with Crippen molar-refractivity contribution in [2.45, 2.75) is 159 Å². The van der Waals surface area contributed by atoms with Crippen LogP contribution in [0.25, 0.3) is 0 Å². The van der Waals surface area contributed by atoms with E-state index in [1.165, 1.54) is 162 Å². The lowest BCUT2D eigenvalue weighted by Gasteiger charge is -2.30. The summed E-state index contributed by atoms with van der Waals surface area (Å²) in [4.78, 5) is 32.4. The van der Waals surface area contributed by atoms with Gasteiger partial charge in [-0.15, -0.1) is 0 Å². The highest BCUT2D eigenvalue weighted by Crippen LogP contribution is 2.47. The topological polar surface area (TPSA) is 58.9 Å². The lowest BCUT2D eigenvalue weighted by atomic mass is 9.76. The lowest BCUT2D eigenvalue weighted by molar-refractivity contribution is 0.435. The van der Waals surface area contributed by atoms with E-state index in [1.54, 1.807) is 0 Å². The molecule has 0 aromatic heterocycles. The van der Waals surface area contributed by atoms with Gasteiger partial charge in [-0.2, -0.15) is 9.98 Å². The normalized spacial score (nSPS) is 21.2. The first-order valence-electron chi connectivity index (χ1n) is 17.7. The Hall–Kier alpha value is -2.80. The van der Waals surface area contributed by atoms with E-state index in [9.17, 15) is 9.59 Å². The van der Waals surface area contributed by atoms with Crippen LogP contribution in [-0.2, 0) is 16.0 Å². The van der Waals surface area contributed by atoms with Gasteiger partial charge in [0.15, 0.2) is 0 Å². The van der Waals surface area contributed by atoms with Crippen molar-refractivity contribution in [1.29, 1.82) is 0 Å². The number of rotatable bonds is 8. The van der Waals surface area contributed by atoms with Gasteiger partial charge in [0.1, 0.15) is 0 Å². The van der Waals surface area contributed by atoms with Gasteiger partial charge in [-0.25, -0.2) is 9.59 Å². The van der Waals surface area contributed by atoms with Gasteiger partial charge in [-0.3, -0.25) is 0 Å². The highest BCUT2D eigenvalue weighted by atomic mass is 16.1. The highest BCUT2D eigenvalue weighted by Gasteiger charge is 2.28. The molecule has 4 fully saturated rings. The average molecular weight is 579 g/mol. The SMILES string of the molecule is O=C=Nc1c(C2CCCCC2)cc(Cc2cc(C3CCCCC3)c(N=C=O)c(C3CCCCC3)c2)cc1C1CCCCC1. The van der Waals surface area contributed by atoms with E-state index in [0.29, 0.717) is 23.7 Å². The predicted octanol–water partition coefficient (Wildman–Crippen LogP) is 11.4. The third-order valence-electron chi connectivity index (χ3n) is 11.4. The second-order valence-electron chi connectivity index (χ2n) is 14.2. The van der Waals surface area contributed by atoms with Crippen molar-refractivity contribution in [2.75, 3.05) is 0 Å². The molecule has 4 aliphatic rings. The first-order valence-corrected chi connectivity index (χ1v) is 17.7. The van der Waals surface area contributed by atoms with Crippen molar-refractivity contribution in [3.8, 4) is 0 Å². The van der Waals surface area contributed by atoms with Crippen molar-refractivity contribution in [1.82, 2.24) is 0 Å². The largest absolute Gasteiger partial charge is 0.240 e. The lowest BCUT2D eigenvalue weighted by Crippen LogP contribution is -2.12. The summed E-state index contributed by atoms with van der Waals surface area (Å²) in [6, 6.07) is 9.60. The molecule has 43 heavy (non-hydrogen) atoms. The molecule has 0 amide bonds. The van der Waals surface area contributed by atoms with Gasteiger partial charge >= 0.3 is 0 Å². The molecule has 2 aromatic carbocycles. The molecule has 228 valence electrons. The number of isocyanates is 2. The summed E-state index contributed by atoms with van der Waals surface area (Å²) in [5.74, 6) is 1.90. The zero-order valence-corrected chi connectivity index (χ0v) is 26.2. The summed E-state index contributed by atoms with van der Waals surface area (Å²) in [7, 11) is 0. The van der Waals surface area contributed by atoms with Gasteiger partial charge in [0.2, 0.25) is 12.2 Å². The molecule has 0 atom stereocenters. The molecule has 0 heterocycles. The molecule has 4 saturated carbocycles. The summed E-state index contributed by atoms with van der Waals surface area (Å²) in [6.45, 7) is 0. The Morgan fingerprint density at radius 2 is 0.698 bits per heavy atom. The van der Waals surface area contributed by atoms with Crippen LogP contribution in [0.4, 0.5) is 11.4 Å². The Labute approximate surface area is 258 Å². The maximum Gasteiger partial charge on any atom is 0.240 e. The third-order valence-corrected chi connectivity index (χ3v) is 11.4. The van der Waals surface area contributed by atoms with Gasteiger partial charge in [-0.05, 0) is 115 Å². The predicted molar refractivity (Wildman–Crippen MR) is 175 cm³/mol. The van der Waals surface area contributed by atoms with Gasteiger partial charge in [0.25, 0.3) is 0 Å². The molecule has 2 aromatic rings. The van der Waals surface area contributed by atoms with E-state index in [4.69, 9.17) is 0 Å². The molecule has 0 radical (unpaired) electrons. The smallest absolute Gasteiger partial charge is 0.211 e. The first-order chi connectivity index (χ1) is 21.2. The molecular weight excluding hydrogens is 528 g/mol. The Balaban J connectivity index is 1.46. The Morgan fingerprint density at radius 3 is 0.930 bits per heavy atom. The van der Waals surface area contributed by atoms with E-state index in [1.807, 2.05) is 12.2 Å². The molecular formula is C39H50N2O2. The zero-order chi connectivity index (χ0) is 29.4. The second-order valence-corrected chi connectivity index (χ2v) is 14.2. The Kier molecular flexibility index (Phi) is 10.4. The molecule has 0 unspecified atom stereocenters. The summed E-state index contributed by atoms with van der Waals surface area (Å²) in [5.41, 5.74) is 9.76. The number of hydrogen-bond acceptors (Lipinski definition) is 4. The monoisotopic (exact) mass is 578 g/mol. The molecule has 0 aliphatic heterocycles. The van der Waals surface area contributed by atoms with E-state index in [2.05, 4.69) is 34.3 Å². The minimum absolute atomic E-state index is 0.475. The van der Waals surface area contributed by atoms with Crippen LogP contribution in [0.1, 0.15) is 185 Å². The summed E-state index contributed by atoms with van der Waals surface area (Å²) in [5, 5.41) is 0. The van der Waals surface area contributed by atoms with Gasteiger partial charge in [0, 0.05) is 0 Å². The van der Waals surface area contributed by atoms with Crippen molar-refractivity contribution in [2.24, 2.45) is 9.98 Å². The van der Waals surface area contributed by atoms with E-state index in [-0.39, 0.29) is 0 Å². The van der Waals surface area contributed by atoms with Gasteiger partial charge < -0.3 is 0 Å². The molecule has 4 nitrogen and oxygen atoms in total. The van der Waals surface area contributed by atoms with Crippen molar-refractivity contribution in [3.05, 3.63) is 57.6 Å². The minimum atomic E-state index is 0.475. The molecule has 0 spiro atoms. The summed E-state index contributed by atoms with van der Waals surface area (Å²) in [6.07, 6.45) is 29.5. The highest BCUT2D eigenvalue weighted by molar-refractivity contribution is 5.65. The molecule has 0 bridgehead atoms. The number of aliphatic imine (C=N–C) groups is 2. The first kappa shape index (κ1) is 30.2. The van der Waals surface area contributed by atoms with Crippen molar-refractivity contribution >= 4 is 23.5 Å². The van der Waals surface area contributed by atoms with Crippen LogP contribution in [0.3, 0.4) is 0 Å². The van der Waals surface area contributed by atoms with Crippen molar-refractivity contribution < 1.29 is 9.59 Å². The van der Waals surface area contributed by atoms with Crippen LogP contribution in [0.15, 0.2) is 34.3 Å². The molecule has 4 aliphatic carbocycles. The summed E-state index contributed by atoms with van der Waals surface area (Å²) < 4.78 is 0. The zero-order valence-electron chi connectivity index (χ0n) is 26.2. The van der Waals surface area contributed by atoms with E-state index in [0.717, 1.165) is 17.8 Å². The molecule has 0 N–H and O–H groups in total.